The second-order valence-electron chi connectivity index (χ2n) is 6.02. The summed E-state index contributed by atoms with van der Waals surface area (Å²) in [4.78, 5) is 15.5. The number of fused-ring (bicyclic) bond motifs is 1. The number of carbonyl (C=O) groups excluding carboxylic acids is 1. The van der Waals surface area contributed by atoms with Gasteiger partial charge in [-0.15, -0.1) is 11.8 Å². The first-order valence-electron chi connectivity index (χ1n) is 7.55. The molecule has 3 nitrogen and oxygen atoms in total. The lowest BCUT2D eigenvalue weighted by Crippen LogP contribution is -2.33. The van der Waals surface area contributed by atoms with E-state index in [1.165, 1.54) is 6.42 Å². The Kier molecular flexibility index (Phi) is 4.77. The third-order valence-electron chi connectivity index (χ3n) is 4.66. The molecule has 1 aliphatic carbocycles. The highest BCUT2D eigenvalue weighted by Crippen LogP contribution is 2.37. The number of nitrogens with zero attached hydrogens (tertiary/aromatic N) is 1. The second kappa shape index (κ2) is 6.59. The maximum atomic E-state index is 12.3. The van der Waals surface area contributed by atoms with E-state index in [4.69, 9.17) is 17.3 Å². The minimum atomic E-state index is 0.276. The molecular formula is C16H21ClN2OS. The van der Waals surface area contributed by atoms with Gasteiger partial charge >= 0.3 is 0 Å². The summed E-state index contributed by atoms with van der Waals surface area (Å²) in [6.45, 7) is 1.79. The molecule has 1 heterocycles. The molecular weight excluding hydrogens is 304 g/mol. The van der Waals surface area contributed by atoms with Crippen molar-refractivity contribution in [3.63, 3.8) is 0 Å². The van der Waals surface area contributed by atoms with Crippen LogP contribution in [0.15, 0.2) is 29.2 Å². The highest BCUT2D eigenvalue weighted by Gasteiger charge is 2.42. The highest BCUT2D eigenvalue weighted by atomic mass is 35.5. The van der Waals surface area contributed by atoms with Gasteiger partial charge in [-0.05, 0) is 48.9 Å². The minimum absolute atomic E-state index is 0.276. The monoisotopic (exact) mass is 324 g/mol. The molecule has 114 valence electrons. The summed E-state index contributed by atoms with van der Waals surface area (Å²) in [5.41, 5.74) is 6.12. The molecule has 0 spiro atoms. The first-order valence-corrected chi connectivity index (χ1v) is 8.91. The normalized spacial score (nSPS) is 27.9. The average Bonchev–Trinajstić information content (AvgIpc) is 3.04. The van der Waals surface area contributed by atoms with Crippen molar-refractivity contribution in [3.8, 4) is 0 Å². The van der Waals surface area contributed by atoms with Crippen molar-refractivity contribution in [2.45, 2.75) is 30.2 Å². The van der Waals surface area contributed by atoms with Crippen LogP contribution in [0.4, 0.5) is 0 Å². The van der Waals surface area contributed by atoms with E-state index in [1.54, 1.807) is 11.8 Å². The number of amides is 1. The zero-order valence-electron chi connectivity index (χ0n) is 12.0. The van der Waals surface area contributed by atoms with Crippen molar-refractivity contribution in [1.29, 1.82) is 0 Å². The molecule has 2 N–H and O–H groups in total. The lowest BCUT2D eigenvalue weighted by molar-refractivity contribution is -0.130. The van der Waals surface area contributed by atoms with E-state index in [0.29, 0.717) is 24.3 Å². The average molecular weight is 325 g/mol. The molecule has 3 unspecified atom stereocenters. The number of rotatable bonds is 4. The fourth-order valence-electron chi connectivity index (χ4n) is 3.46. The third kappa shape index (κ3) is 3.55. The van der Waals surface area contributed by atoms with Gasteiger partial charge in [0.15, 0.2) is 0 Å². The standard InChI is InChI=1S/C16H21ClN2OS/c17-12-2-4-13(5-3-12)21-8-7-16(20)19-9-11-1-6-15(18)14(11)10-19/h2-5,11,14-15H,1,6-10,18H2. The van der Waals surface area contributed by atoms with Crippen LogP contribution in [-0.2, 0) is 4.79 Å². The van der Waals surface area contributed by atoms with E-state index in [1.807, 2.05) is 29.2 Å². The number of hydrogen-bond donors (Lipinski definition) is 1. The van der Waals surface area contributed by atoms with Crippen molar-refractivity contribution in [3.05, 3.63) is 29.3 Å². The Balaban J connectivity index is 1.44. The summed E-state index contributed by atoms with van der Waals surface area (Å²) in [5, 5.41) is 0.746. The summed E-state index contributed by atoms with van der Waals surface area (Å²) >= 11 is 7.57. The molecule has 1 saturated heterocycles. The molecule has 0 aromatic heterocycles. The van der Waals surface area contributed by atoms with Crippen molar-refractivity contribution >= 4 is 29.3 Å². The van der Waals surface area contributed by atoms with Gasteiger partial charge in [-0.3, -0.25) is 4.79 Å². The summed E-state index contributed by atoms with van der Waals surface area (Å²) in [6, 6.07) is 8.06. The van der Waals surface area contributed by atoms with Crippen LogP contribution in [0.2, 0.25) is 5.02 Å². The Morgan fingerprint density at radius 3 is 2.76 bits per heavy atom. The van der Waals surface area contributed by atoms with E-state index in [-0.39, 0.29) is 5.91 Å². The predicted molar refractivity (Wildman–Crippen MR) is 87.6 cm³/mol. The zero-order valence-corrected chi connectivity index (χ0v) is 13.6. The van der Waals surface area contributed by atoms with Gasteiger partial charge < -0.3 is 10.6 Å². The maximum absolute atomic E-state index is 12.3. The van der Waals surface area contributed by atoms with Crippen molar-refractivity contribution in [2.24, 2.45) is 17.6 Å². The van der Waals surface area contributed by atoms with Crippen LogP contribution in [0.5, 0.6) is 0 Å². The summed E-state index contributed by atoms with van der Waals surface area (Å²) in [7, 11) is 0. The smallest absolute Gasteiger partial charge is 0.223 e. The molecule has 1 amide bonds. The first-order chi connectivity index (χ1) is 10.1. The molecule has 0 radical (unpaired) electrons. The van der Waals surface area contributed by atoms with Gasteiger partial charge in [0, 0.05) is 41.2 Å². The summed E-state index contributed by atoms with van der Waals surface area (Å²) in [6.07, 6.45) is 2.92. The number of hydrogen-bond acceptors (Lipinski definition) is 3. The van der Waals surface area contributed by atoms with Gasteiger partial charge in [-0.25, -0.2) is 0 Å². The molecule has 1 aromatic carbocycles. The Morgan fingerprint density at radius 2 is 2.05 bits per heavy atom. The van der Waals surface area contributed by atoms with Crippen LogP contribution < -0.4 is 5.73 Å². The minimum Gasteiger partial charge on any atom is -0.342 e. The van der Waals surface area contributed by atoms with Crippen LogP contribution >= 0.6 is 23.4 Å². The number of benzene rings is 1. The fourth-order valence-corrected chi connectivity index (χ4v) is 4.42. The maximum Gasteiger partial charge on any atom is 0.223 e. The molecule has 1 aromatic rings. The van der Waals surface area contributed by atoms with Gasteiger partial charge in [0.2, 0.25) is 5.91 Å². The lowest BCUT2D eigenvalue weighted by atomic mass is 9.98. The Bertz CT molecular complexity index is 508. The van der Waals surface area contributed by atoms with Crippen molar-refractivity contribution in [2.75, 3.05) is 18.8 Å². The number of carbonyl (C=O) groups is 1. The SMILES string of the molecule is NC1CCC2CN(C(=O)CCSc3ccc(Cl)cc3)CC12. The summed E-state index contributed by atoms with van der Waals surface area (Å²) in [5.74, 6) is 2.28. The van der Waals surface area contributed by atoms with Crippen LogP contribution in [0.3, 0.4) is 0 Å². The molecule has 1 aliphatic heterocycles. The number of halogens is 1. The highest BCUT2D eigenvalue weighted by molar-refractivity contribution is 7.99. The van der Waals surface area contributed by atoms with Crippen LogP contribution in [0.25, 0.3) is 0 Å². The van der Waals surface area contributed by atoms with Crippen LogP contribution in [0.1, 0.15) is 19.3 Å². The molecule has 3 atom stereocenters. The van der Waals surface area contributed by atoms with E-state index in [9.17, 15) is 4.79 Å². The van der Waals surface area contributed by atoms with Gasteiger partial charge in [0.25, 0.3) is 0 Å². The van der Waals surface area contributed by atoms with Crippen molar-refractivity contribution < 1.29 is 4.79 Å². The zero-order chi connectivity index (χ0) is 14.8. The number of likely N-dealkylation sites (tertiary alicyclic amines) is 1. The lowest BCUT2D eigenvalue weighted by Gasteiger charge is -2.18. The predicted octanol–water partition coefficient (Wildman–Crippen LogP) is 3.02. The molecule has 21 heavy (non-hydrogen) atoms. The fraction of sp³-hybridized carbons (Fsp3) is 0.562. The van der Waals surface area contributed by atoms with Gasteiger partial charge in [-0.1, -0.05) is 11.6 Å². The van der Waals surface area contributed by atoms with E-state index < -0.39 is 0 Å². The molecule has 0 bridgehead atoms. The van der Waals surface area contributed by atoms with E-state index in [0.717, 1.165) is 35.2 Å². The Morgan fingerprint density at radius 1 is 1.29 bits per heavy atom. The molecule has 2 fully saturated rings. The molecule has 2 aliphatic rings. The van der Waals surface area contributed by atoms with Gasteiger partial charge in [0.05, 0.1) is 0 Å². The van der Waals surface area contributed by atoms with Crippen LogP contribution in [-0.4, -0.2) is 35.7 Å². The third-order valence-corrected chi connectivity index (χ3v) is 5.93. The Hall–Kier alpha value is -0.710. The molecule has 3 rings (SSSR count). The van der Waals surface area contributed by atoms with E-state index in [2.05, 4.69) is 0 Å². The largest absolute Gasteiger partial charge is 0.342 e. The molecule has 1 saturated carbocycles. The molecule has 5 heteroatoms. The first kappa shape index (κ1) is 15.2. The Labute approximate surface area is 135 Å². The van der Waals surface area contributed by atoms with Crippen molar-refractivity contribution in [1.82, 2.24) is 4.90 Å². The summed E-state index contributed by atoms with van der Waals surface area (Å²) < 4.78 is 0. The quantitative estimate of drug-likeness (QED) is 0.866. The number of thioether (sulfide) groups is 1. The second-order valence-corrected chi connectivity index (χ2v) is 7.62. The topological polar surface area (TPSA) is 46.3 Å². The van der Waals surface area contributed by atoms with Gasteiger partial charge in [-0.2, -0.15) is 0 Å². The van der Waals surface area contributed by atoms with Crippen LogP contribution in [0, 0.1) is 11.8 Å². The number of nitrogens with two attached hydrogens (primary N) is 1. The van der Waals surface area contributed by atoms with E-state index >= 15 is 0 Å². The van der Waals surface area contributed by atoms with Gasteiger partial charge in [0.1, 0.15) is 0 Å².